The van der Waals surface area contributed by atoms with E-state index in [1.165, 1.54) is 46.8 Å². The van der Waals surface area contributed by atoms with Crippen molar-refractivity contribution in [3.05, 3.63) is 71.6 Å². The number of para-hydroxylation sites is 1. The van der Waals surface area contributed by atoms with Gasteiger partial charge in [0.15, 0.2) is 12.0 Å². The van der Waals surface area contributed by atoms with Gasteiger partial charge in [-0.1, -0.05) is 27.0 Å². The largest absolute Gasteiger partial charge is 0.433 e. The molecule has 0 amide bonds. The van der Waals surface area contributed by atoms with E-state index >= 15 is 0 Å². The molecule has 0 bridgehead atoms. The molecule has 4 radical (unpaired) electrons. The van der Waals surface area contributed by atoms with Crippen molar-refractivity contribution in [2.24, 2.45) is 0 Å². The van der Waals surface area contributed by atoms with E-state index in [2.05, 4.69) is 0 Å². The Morgan fingerprint density at radius 3 is 2.32 bits per heavy atom. The molecule has 0 saturated carbocycles. The van der Waals surface area contributed by atoms with Crippen LogP contribution in [0.4, 0.5) is 17.6 Å². The van der Waals surface area contributed by atoms with Crippen molar-refractivity contribution in [2.45, 2.75) is 31.5 Å². The SMILES string of the molecule is [B]C([B])(O)N(C)C(CC)c1nc2ccc(-c3cc(F)c(P(C)C)c(F)c3)cc2n1-c1c(C=O)cccc1OC(F)F. The molecule has 0 aliphatic rings. The number of aldehydes is 1. The van der Waals surface area contributed by atoms with Crippen LogP contribution in [0.5, 0.6) is 5.75 Å². The number of fused-ring (bicyclic) bond motifs is 1. The molecule has 13 heteroatoms. The van der Waals surface area contributed by atoms with Gasteiger partial charge in [0.2, 0.25) is 0 Å². The van der Waals surface area contributed by atoms with E-state index in [0.717, 1.165) is 0 Å². The monoisotopic (exact) mass is 581 g/mol. The summed E-state index contributed by atoms with van der Waals surface area (Å²) in [6, 6.07) is 10.6. The molecular formula is C28H26B2F4N3O3P. The molecule has 1 atom stereocenters. The number of halogens is 4. The summed E-state index contributed by atoms with van der Waals surface area (Å²) in [5.74, 6) is -1.48. The molecule has 0 spiro atoms. The second-order valence-corrected chi connectivity index (χ2v) is 11.9. The molecule has 1 unspecified atom stereocenters. The fourth-order valence-corrected chi connectivity index (χ4v) is 5.82. The van der Waals surface area contributed by atoms with Gasteiger partial charge in [-0.05, 0) is 74.3 Å². The first-order valence-electron chi connectivity index (χ1n) is 12.5. The van der Waals surface area contributed by atoms with Crippen molar-refractivity contribution in [3.8, 4) is 22.6 Å². The van der Waals surface area contributed by atoms with E-state index < -0.39 is 37.7 Å². The van der Waals surface area contributed by atoms with Gasteiger partial charge in [0.1, 0.15) is 38.8 Å². The average Bonchev–Trinajstić information content (AvgIpc) is 3.25. The molecule has 210 valence electrons. The number of aromatic nitrogens is 2. The Morgan fingerprint density at radius 1 is 1.12 bits per heavy atom. The third-order valence-corrected chi connectivity index (χ3v) is 8.11. The van der Waals surface area contributed by atoms with Gasteiger partial charge in [-0.15, -0.1) is 0 Å². The van der Waals surface area contributed by atoms with Gasteiger partial charge in [0, 0.05) is 16.4 Å². The lowest BCUT2D eigenvalue weighted by Crippen LogP contribution is -2.49. The summed E-state index contributed by atoms with van der Waals surface area (Å²) in [5.41, 5.74) is -1.00. The first-order chi connectivity index (χ1) is 19.3. The standard InChI is InChI=1S/C28H26B2F4N3O3P/c1-5-21(36(2)28(29,30)39)26-35-20-10-9-15(17-11-18(31)25(41(3)4)19(32)12-17)13-22(20)37(26)24-16(14-38)7-6-8-23(24)40-27(33)34/h6-14,21,27,39H,5H2,1-4H3. The molecule has 4 aromatic rings. The normalized spacial score (nSPS) is 13.0. The molecule has 3 aromatic carbocycles. The van der Waals surface area contributed by atoms with Crippen molar-refractivity contribution < 1.29 is 32.2 Å². The number of benzene rings is 3. The van der Waals surface area contributed by atoms with E-state index in [0.29, 0.717) is 29.3 Å². The number of alkyl halides is 2. The zero-order chi connectivity index (χ0) is 30.2. The number of nitrogens with zero attached hydrogens (tertiary/aromatic N) is 3. The van der Waals surface area contributed by atoms with Crippen molar-refractivity contribution in [3.63, 3.8) is 0 Å². The zero-order valence-corrected chi connectivity index (χ0v) is 23.7. The molecule has 1 heterocycles. The number of hydrogen-bond acceptors (Lipinski definition) is 5. The quantitative estimate of drug-likeness (QED) is 0.0932. The minimum absolute atomic E-state index is 0.00283. The van der Waals surface area contributed by atoms with Gasteiger partial charge in [-0.25, -0.2) is 13.8 Å². The van der Waals surface area contributed by atoms with Gasteiger partial charge in [0.25, 0.3) is 0 Å². The van der Waals surface area contributed by atoms with E-state index in [-0.39, 0.29) is 33.7 Å². The summed E-state index contributed by atoms with van der Waals surface area (Å²) in [4.78, 5) is 18.1. The summed E-state index contributed by atoms with van der Waals surface area (Å²) in [6.45, 7) is 2.06. The first-order valence-corrected chi connectivity index (χ1v) is 14.8. The highest BCUT2D eigenvalue weighted by atomic mass is 31.1. The number of carbonyl (C=O) groups is 1. The molecule has 0 saturated heterocycles. The number of aliphatic hydroxyl groups is 1. The lowest BCUT2D eigenvalue weighted by atomic mass is 9.71. The van der Waals surface area contributed by atoms with Crippen LogP contribution in [0.15, 0.2) is 48.5 Å². The number of ether oxygens (including phenoxy) is 1. The van der Waals surface area contributed by atoms with Gasteiger partial charge in [-0.2, -0.15) is 8.78 Å². The van der Waals surface area contributed by atoms with Crippen molar-refractivity contribution in [2.75, 3.05) is 20.4 Å². The zero-order valence-electron chi connectivity index (χ0n) is 22.8. The lowest BCUT2D eigenvalue weighted by Gasteiger charge is -2.38. The molecule has 0 aliphatic heterocycles. The molecule has 0 fully saturated rings. The summed E-state index contributed by atoms with van der Waals surface area (Å²) in [6.07, 6.45) is 0.782. The molecule has 0 aliphatic carbocycles. The van der Waals surface area contributed by atoms with Crippen LogP contribution < -0.4 is 10.0 Å². The Hall–Kier alpha value is -3.20. The van der Waals surface area contributed by atoms with Crippen molar-refractivity contribution in [1.29, 1.82) is 0 Å². The summed E-state index contributed by atoms with van der Waals surface area (Å²) >= 11 is 0. The molecule has 1 aromatic heterocycles. The van der Waals surface area contributed by atoms with E-state index in [1.54, 1.807) is 38.5 Å². The Kier molecular flexibility index (Phi) is 8.97. The lowest BCUT2D eigenvalue weighted by molar-refractivity contribution is -0.0499. The smallest absolute Gasteiger partial charge is 0.387 e. The molecule has 1 N–H and O–H groups in total. The second-order valence-electron chi connectivity index (χ2n) is 9.70. The molecule has 6 nitrogen and oxygen atoms in total. The van der Waals surface area contributed by atoms with Gasteiger partial charge in [0.05, 0.1) is 17.1 Å². The topological polar surface area (TPSA) is 67.6 Å². The third-order valence-electron chi connectivity index (χ3n) is 6.79. The van der Waals surface area contributed by atoms with Crippen LogP contribution in [0.1, 0.15) is 35.6 Å². The fourth-order valence-electron chi connectivity index (χ4n) is 4.84. The minimum Gasteiger partial charge on any atom is -0.433 e. The summed E-state index contributed by atoms with van der Waals surface area (Å²) in [5, 5.41) is 10.4. The van der Waals surface area contributed by atoms with Crippen LogP contribution in [0.25, 0.3) is 27.8 Å². The number of rotatable bonds is 10. The van der Waals surface area contributed by atoms with E-state index in [4.69, 9.17) is 25.4 Å². The average molecular weight is 581 g/mol. The van der Waals surface area contributed by atoms with Crippen molar-refractivity contribution >= 4 is 46.2 Å². The third kappa shape index (κ3) is 6.05. The molecule has 4 rings (SSSR count). The van der Waals surface area contributed by atoms with Gasteiger partial charge < -0.3 is 9.84 Å². The van der Waals surface area contributed by atoms with Crippen LogP contribution in [-0.2, 0) is 0 Å². The minimum atomic E-state index is -3.21. The van der Waals surface area contributed by atoms with Crippen LogP contribution in [0.2, 0.25) is 0 Å². The highest BCUT2D eigenvalue weighted by Gasteiger charge is 2.32. The van der Waals surface area contributed by atoms with Crippen molar-refractivity contribution in [1.82, 2.24) is 14.5 Å². The summed E-state index contributed by atoms with van der Waals surface area (Å²) < 4.78 is 63.0. The van der Waals surface area contributed by atoms with Gasteiger partial charge >= 0.3 is 6.61 Å². The Bertz CT molecular complexity index is 1570. The number of imidazole rings is 1. The fraction of sp³-hybridized carbons (Fsp3) is 0.286. The summed E-state index contributed by atoms with van der Waals surface area (Å²) in [7, 11) is 11.9. The van der Waals surface area contributed by atoms with Crippen LogP contribution in [0.3, 0.4) is 0 Å². The maximum Gasteiger partial charge on any atom is 0.387 e. The van der Waals surface area contributed by atoms with Crippen LogP contribution in [-0.4, -0.2) is 74.0 Å². The van der Waals surface area contributed by atoms with E-state index in [9.17, 15) is 27.5 Å². The van der Waals surface area contributed by atoms with Crippen LogP contribution in [0, 0.1) is 11.6 Å². The molecule has 41 heavy (non-hydrogen) atoms. The number of hydrogen-bond donors (Lipinski definition) is 1. The predicted octanol–water partition coefficient (Wildman–Crippen LogP) is 5.07. The Morgan fingerprint density at radius 2 is 1.78 bits per heavy atom. The molecular weight excluding hydrogens is 555 g/mol. The first kappa shape index (κ1) is 30.8. The number of carbonyl (C=O) groups excluding carboxylic acids is 1. The highest BCUT2D eigenvalue weighted by molar-refractivity contribution is 7.64. The maximum absolute atomic E-state index is 14.9. The Balaban J connectivity index is 2.08. The second kappa shape index (κ2) is 12.0. The Labute approximate surface area is 238 Å². The van der Waals surface area contributed by atoms with Gasteiger partial charge in [-0.3, -0.25) is 14.3 Å². The maximum atomic E-state index is 14.9. The van der Waals surface area contributed by atoms with E-state index in [1.807, 2.05) is 0 Å². The van der Waals surface area contributed by atoms with Crippen LogP contribution >= 0.6 is 7.92 Å². The predicted molar refractivity (Wildman–Crippen MR) is 154 cm³/mol. The highest BCUT2D eigenvalue weighted by Crippen LogP contribution is 2.38.